The number of carbonyl (C=O) groups is 1. The Morgan fingerprint density at radius 3 is 2.33 bits per heavy atom. The molecule has 0 bridgehead atoms. The van der Waals surface area contributed by atoms with E-state index in [1.54, 1.807) is 45.0 Å². The van der Waals surface area contributed by atoms with Crippen molar-refractivity contribution in [2.24, 2.45) is 5.41 Å². The maximum Gasteiger partial charge on any atom is 0.345 e. The Morgan fingerprint density at radius 2 is 1.77 bits per heavy atom. The van der Waals surface area contributed by atoms with Crippen LogP contribution in [0.1, 0.15) is 37.5 Å². The van der Waals surface area contributed by atoms with Gasteiger partial charge in [-0.2, -0.15) is 0 Å². The lowest BCUT2D eigenvalue weighted by atomic mass is 9.89. The molecule has 0 saturated heterocycles. The Hall–Kier alpha value is -2.53. The summed E-state index contributed by atoms with van der Waals surface area (Å²) in [7, 11) is -2.27. The lowest BCUT2D eigenvalue weighted by molar-refractivity contribution is -0.150. The summed E-state index contributed by atoms with van der Waals surface area (Å²) in [6, 6.07) is 9.39. The van der Waals surface area contributed by atoms with E-state index in [2.05, 4.69) is 16.6 Å². The first-order chi connectivity index (χ1) is 13.8. The average Bonchev–Trinajstić information content (AvgIpc) is 2.65. The molecule has 0 heterocycles. The van der Waals surface area contributed by atoms with Crippen LogP contribution in [0, 0.1) is 24.2 Å². The summed E-state index contributed by atoms with van der Waals surface area (Å²) in [5, 5.41) is 9.95. The van der Waals surface area contributed by atoms with Crippen LogP contribution in [-0.2, 0) is 14.8 Å². The van der Waals surface area contributed by atoms with Crippen LogP contribution in [0.3, 0.4) is 0 Å². The molecule has 30 heavy (non-hydrogen) atoms. The molecule has 0 spiro atoms. The second kappa shape index (κ2) is 9.09. The molecular formula is C22H24ClNO5S. The van der Waals surface area contributed by atoms with E-state index >= 15 is 0 Å². The predicted octanol–water partition coefficient (Wildman–Crippen LogP) is 3.83. The lowest BCUT2D eigenvalue weighted by Crippen LogP contribution is -2.39. The van der Waals surface area contributed by atoms with Crippen LogP contribution in [0.4, 0.5) is 0 Å². The van der Waals surface area contributed by atoms with E-state index in [4.69, 9.17) is 16.3 Å². The number of carboxylic acid groups (broad SMARTS) is 1. The van der Waals surface area contributed by atoms with Gasteiger partial charge in [0, 0.05) is 16.0 Å². The first-order valence-corrected chi connectivity index (χ1v) is 11.0. The maximum atomic E-state index is 12.1. The fraction of sp³-hybridized carbons (Fsp3) is 0.318. The molecule has 0 aromatic heterocycles. The van der Waals surface area contributed by atoms with Gasteiger partial charge < -0.3 is 9.84 Å². The molecule has 0 radical (unpaired) electrons. The Balaban J connectivity index is 2.51. The summed E-state index contributed by atoms with van der Waals surface area (Å²) in [6.07, 6.45) is -1.09. The van der Waals surface area contributed by atoms with Crippen LogP contribution in [0.2, 0.25) is 5.02 Å². The van der Waals surface area contributed by atoms with Gasteiger partial charge in [0.1, 0.15) is 5.75 Å². The summed E-state index contributed by atoms with van der Waals surface area (Å²) in [5.41, 5.74) is 1.06. The Labute approximate surface area is 182 Å². The number of aliphatic carboxylic acids is 1. The van der Waals surface area contributed by atoms with Gasteiger partial charge in [0.05, 0.1) is 10.5 Å². The third-order valence-corrected chi connectivity index (χ3v) is 5.96. The minimum Gasteiger partial charge on any atom is -0.478 e. The number of aryl methyl sites for hydroxylation is 1. The lowest BCUT2D eigenvalue weighted by Gasteiger charge is -2.28. The van der Waals surface area contributed by atoms with Gasteiger partial charge in [0.2, 0.25) is 10.0 Å². The van der Waals surface area contributed by atoms with Crippen LogP contribution in [0.25, 0.3) is 0 Å². The van der Waals surface area contributed by atoms with Gasteiger partial charge in [-0.15, -0.1) is 0 Å². The molecular weight excluding hydrogens is 426 g/mol. The highest BCUT2D eigenvalue weighted by atomic mass is 35.5. The number of hydrogen-bond acceptors (Lipinski definition) is 4. The van der Waals surface area contributed by atoms with Crippen LogP contribution in [-0.4, -0.2) is 32.6 Å². The fourth-order valence-electron chi connectivity index (χ4n) is 2.58. The summed E-state index contributed by atoms with van der Waals surface area (Å²) >= 11 is 6.10. The van der Waals surface area contributed by atoms with Gasteiger partial charge in [-0.1, -0.05) is 50.3 Å². The summed E-state index contributed by atoms with van der Waals surface area (Å²) in [6.45, 7) is 7.12. The molecule has 1 unspecified atom stereocenters. The van der Waals surface area contributed by atoms with Crippen LogP contribution >= 0.6 is 11.6 Å². The first kappa shape index (κ1) is 23.7. The maximum absolute atomic E-state index is 12.1. The number of halogens is 1. The molecule has 2 aromatic rings. The van der Waals surface area contributed by atoms with Crippen molar-refractivity contribution in [2.75, 3.05) is 7.05 Å². The highest BCUT2D eigenvalue weighted by Gasteiger charge is 2.33. The molecule has 160 valence electrons. The van der Waals surface area contributed by atoms with Gasteiger partial charge in [-0.3, -0.25) is 0 Å². The highest BCUT2D eigenvalue weighted by molar-refractivity contribution is 7.89. The largest absolute Gasteiger partial charge is 0.478 e. The SMILES string of the molecule is CNS(=O)(=O)c1ccc(C)c(C#Cc2cc(Cl)ccc2OC(C(=O)O)C(C)(C)C)c1. The quantitative estimate of drug-likeness (QED) is 0.676. The second-order valence-corrected chi connectivity index (χ2v) is 10.1. The third-order valence-electron chi connectivity index (χ3n) is 4.32. The molecule has 0 amide bonds. The minimum absolute atomic E-state index is 0.0983. The number of ether oxygens (including phenoxy) is 1. The van der Waals surface area contributed by atoms with Gasteiger partial charge in [0.25, 0.3) is 0 Å². The number of hydrogen-bond donors (Lipinski definition) is 2. The van der Waals surface area contributed by atoms with Gasteiger partial charge in [-0.05, 0) is 49.9 Å². The van der Waals surface area contributed by atoms with Crippen molar-refractivity contribution < 1.29 is 23.1 Å². The van der Waals surface area contributed by atoms with E-state index in [1.807, 2.05) is 6.92 Å². The van der Waals surface area contributed by atoms with E-state index < -0.39 is 27.5 Å². The van der Waals surface area contributed by atoms with E-state index in [9.17, 15) is 18.3 Å². The minimum atomic E-state index is -3.61. The smallest absolute Gasteiger partial charge is 0.345 e. The zero-order chi connectivity index (χ0) is 22.7. The molecule has 2 aromatic carbocycles. The Bertz CT molecular complexity index is 1120. The first-order valence-electron chi connectivity index (χ1n) is 9.10. The molecule has 0 aliphatic rings. The van der Waals surface area contributed by atoms with E-state index in [-0.39, 0.29) is 10.6 Å². The van der Waals surface area contributed by atoms with Crippen molar-refractivity contribution in [3.05, 3.63) is 58.1 Å². The van der Waals surface area contributed by atoms with Crippen molar-refractivity contribution >= 4 is 27.6 Å². The number of sulfonamides is 1. The summed E-state index contributed by atoms with van der Waals surface area (Å²) in [5.74, 6) is 5.08. The molecule has 6 nitrogen and oxygen atoms in total. The van der Waals surface area contributed by atoms with Crippen LogP contribution in [0.15, 0.2) is 41.3 Å². The van der Waals surface area contributed by atoms with E-state index in [0.29, 0.717) is 16.1 Å². The predicted molar refractivity (Wildman–Crippen MR) is 116 cm³/mol. The van der Waals surface area contributed by atoms with Gasteiger partial charge >= 0.3 is 5.97 Å². The second-order valence-electron chi connectivity index (χ2n) is 7.78. The number of carboxylic acids is 1. The van der Waals surface area contributed by atoms with E-state index in [1.165, 1.54) is 19.2 Å². The van der Waals surface area contributed by atoms with Crippen LogP contribution < -0.4 is 9.46 Å². The molecule has 0 saturated carbocycles. The Kier molecular flexibility index (Phi) is 7.19. The molecule has 2 N–H and O–H groups in total. The molecule has 0 aliphatic heterocycles. The zero-order valence-electron chi connectivity index (χ0n) is 17.4. The van der Waals surface area contributed by atoms with E-state index in [0.717, 1.165) is 5.56 Å². The van der Waals surface area contributed by atoms with Crippen molar-refractivity contribution in [1.29, 1.82) is 0 Å². The summed E-state index contributed by atoms with van der Waals surface area (Å²) in [4.78, 5) is 11.8. The number of rotatable bonds is 5. The standard InChI is InChI=1S/C22H24ClNO5S/c1-14-6-10-18(30(27,28)24-5)13-15(14)7-8-16-12-17(23)9-11-19(16)29-20(21(25)26)22(2,3)4/h6,9-13,20,24H,1-5H3,(H,25,26). The topological polar surface area (TPSA) is 92.7 Å². The zero-order valence-corrected chi connectivity index (χ0v) is 19.0. The normalized spacial score (nSPS) is 12.6. The van der Waals surface area contributed by atoms with Crippen molar-refractivity contribution in [2.45, 2.75) is 38.7 Å². The monoisotopic (exact) mass is 449 g/mol. The summed E-state index contributed by atoms with van der Waals surface area (Å²) < 4.78 is 32.2. The van der Waals surface area contributed by atoms with Crippen molar-refractivity contribution in [1.82, 2.24) is 4.72 Å². The number of benzene rings is 2. The molecule has 0 fully saturated rings. The molecule has 0 aliphatic carbocycles. The van der Waals surface area contributed by atoms with Crippen molar-refractivity contribution in [3.63, 3.8) is 0 Å². The van der Waals surface area contributed by atoms with Gasteiger partial charge in [-0.25, -0.2) is 17.9 Å². The third kappa shape index (κ3) is 5.76. The Morgan fingerprint density at radius 1 is 1.13 bits per heavy atom. The highest BCUT2D eigenvalue weighted by Crippen LogP contribution is 2.29. The molecule has 8 heteroatoms. The molecule has 1 atom stereocenters. The average molecular weight is 450 g/mol. The van der Waals surface area contributed by atoms with Gasteiger partial charge in [0.15, 0.2) is 6.10 Å². The molecule has 2 rings (SSSR count). The van der Waals surface area contributed by atoms with Crippen LogP contribution in [0.5, 0.6) is 5.75 Å². The fourth-order valence-corrected chi connectivity index (χ4v) is 3.51. The number of nitrogens with one attached hydrogen (secondary N) is 1. The van der Waals surface area contributed by atoms with Crippen molar-refractivity contribution in [3.8, 4) is 17.6 Å².